The van der Waals surface area contributed by atoms with Crippen LogP contribution < -0.4 is 4.90 Å². The third-order valence-corrected chi connectivity index (χ3v) is 3.33. The molecule has 4 heteroatoms. The fraction of sp³-hybridized carbons (Fsp3) is 0.214. The molecular weight excluding hydrogens is 295 g/mol. The predicted molar refractivity (Wildman–Crippen MR) is 75.4 cm³/mol. The van der Waals surface area contributed by atoms with Crippen LogP contribution in [0.25, 0.3) is 0 Å². The first-order chi connectivity index (χ1) is 8.72. The van der Waals surface area contributed by atoms with Gasteiger partial charge in [-0.05, 0) is 23.8 Å². The van der Waals surface area contributed by atoms with E-state index in [0.717, 1.165) is 11.3 Å². The van der Waals surface area contributed by atoms with Crippen molar-refractivity contribution in [3.63, 3.8) is 0 Å². The molecule has 18 heavy (non-hydrogen) atoms. The quantitative estimate of drug-likeness (QED) is 0.800. The van der Waals surface area contributed by atoms with E-state index in [-0.39, 0.29) is 5.82 Å². The lowest BCUT2D eigenvalue weighted by Crippen LogP contribution is -2.19. The van der Waals surface area contributed by atoms with Crippen molar-refractivity contribution in [2.45, 2.75) is 11.9 Å². The molecule has 0 aliphatic rings. The number of aromatic nitrogens is 1. The first kappa shape index (κ1) is 13.0. The second-order valence-electron chi connectivity index (χ2n) is 4.06. The molecule has 2 aromatic rings. The molecule has 0 saturated heterocycles. The minimum atomic E-state index is -0.203. The van der Waals surface area contributed by atoms with Gasteiger partial charge in [0.05, 0.1) is 17.9 Å². The summed E-state index contributed by atoms with van der Waals surface area (Å²) in [5, 5.41) is 0.632. The van der Waals surface area contributed by atoms with E-state index in [1.54, 1.807) is 12.3 Å². The van der Waals surface area contributed by atoms with Gasteiger partial charge in [0.15, 0.2) is 0 Å². The number of hydrogen-bond acceptors (Lipinski definition) is 2. The van der Waals surface area contributed by atoms with E-state index >= 15 is 0 Å². The molecular formula is C14H14BrFN2. The average Bonchev–Trinajstić information content (AvgIpc) is 2.39. The van der Waals surface area contributed by atoms with E-state index < -0.39 is 0 Å². The van der Waals surface area contributed by atoms with Gasteiger partial charge in [-0.3, -0.25) is 4.98 Å². The maximum absolute atomic E-state index is 13.9. The molecule has 0 atom stereocenters. The average molecular weight is 309 g/mol. The molecule has 0 spiro atoms. The number of alkyl halides is 1. The fourth-order valence-electron chi connectivity index (χ4n) is 1.91. The largest absolute Gasteiger partial charge is 0.366 e. The number of rotatable bonds is 4. The van der Waals surface area contributed by atoms with Crippen LogP contribution in [0.2, 0.25) is 0 Å². The molecule has 0 aliphatic heterocycles. The molecule has 0 fully saturated rings. The highest BCUT2D eigenvalue weighted by Gasteiger charge is 2.12. The zero-order valence-corrected chi connectivity index (χ0v) is 11.7. The van der Waals surface area contributed by atoms with Crippen molar-refractivity contribution >= 4 is 21.6 Å². The van der Waals surface area contributed by atoms with Gasteiger partial charge in [-0.2, -0.15) is 0 Å². The Kier molecular flexibility index (Phi) is 4.31. The Morgan fingerprint density at radius 3 is 2.72 bits per heavy atom. The summed E-state index contributed by atoms with van der Waals surface area (Å²) in [4.78, 5) is 6.14. The van der Waals surface area contributed by atoms with Crippen LogP contribution in [0.4, 0.5) is 10.1 Å². The number of benzene rings is 1. The molecule has 0 N–H and O–H groups in total. The van der Waals surface area contributed by atoms with Crippen LogP contribution in [0.1, 0.15) is 11.3 Å². The molecule has 2 rings (SSSR count). The summed E-state index contributed by atoms with van der Waals surface area (Å²) in [6.45, 7) is 0.585. The van der Waals surface area contributed by atoms with Crippen LogP contribution in [0.3, 0.4) is 0 Å². The highest BCUT2D eigenvalue weighted by Crippen LogP contribution is 2.26. The summed E-state index contributed by atoms with van der Waals surface area (Å²) >= 11 is 3.39. The first-order valence-corrected chi connectivity index (χ1v) is 6.79. The Hall–Kier alpha value is -1.42. The van der Waals surface area contributed by atoms with Crippen molar-refractivity contribution in [1.29, 1.82) is 0 Å². The Labute approximate surface area is 115 Å². The van der Waals surface area contributed by atoms with Gasteiger partial charge in [-0.25, -0.2) is 4.39 Å². The molecule has 2 nitrogen and oxygen atoms in total. The van der Waals surface area contributed by atoms with Gasteiger partial charge in [0.2, 0.25) is 0 Å². The standard InChI is InChI=1S/C14H14BrFN2/c1-18(10-12-6-2-3-8-17-12)14-11(9-15)5-4-7-13(14)16/h2-8H,9-10H2,1H3. The lowest BCUT2D eigenvalue weighted by molar-refractivity contribution is 0.620. The van der Waals surface area contributed by atoms with Crippen molar-refractivity contribution in [3.05, 3.63) is 59.7 Å². The monoisotopic (exact) mass is 308 g/mol. The smallest absolute Gasteiger partial charge is 0.146 e. The van der Waals surface area contributed by atoms with Gasteiger partial charge in [-0.15, -0.1) is 0 Å². The van der Waals surface area contributed by atoms with Crippen LogP contribution in [0, 0.1) is 5.82 Å². The molecule has 0 aliphatic carbocycles. The molecule has 1 aromatic carbocycles. The van der Waals surface area contributed by atoms with E-state index in [4.69, 9.17) is 0 Å². The van der Waals surface area contributed by atoms with E-state index in [1.807, 2.05) is 36.2 Å². The molecule has 0 amide bonds. The Bertz CT molecular complexity index is 516. The topological polar surface area (TPSA) is 16.1 Å². The number of anilines is 1. The van der Waals surface area contributed by atoms with Crippen molar-refractivity contribution in [3.8, 4) is 0 Å². The maximum atomic E-state index is 13.9. The second kappa shape index (κ2) is 5.96. The van der Waals surface area contributed by atoms with Crippen LogP contribution in [-0.4, -0.2) is 12.0 Å². The highest BCUT2D eigenvalue weighted by molar-refractivity contribution is 9.08. The third kappa shape index (κ3) is 2.88. The zero-order chi connectivity index (χ0) is 13.0. The number of para-hydroxylation sites is 1. The minimum Gasteiger partial charge on any atom is -0.366 e. The molecule has 94 valence electrons. The van der Waals surface area contributed by atoms with Crippen molar-refractivity contribution in [1.82, 2.24) is 4.98 Å². The number of pyridine rings is 1. The van der Waals surface area contributed by atoms with Crippen LogP contribution in [-0.2, 0) is 11.9 Å². The van der Waals surface area contributed by atoms with Crippen LogP contribution in [0.15, 0.2) is 42.6 Å². The lowest BCUT2D eigenvalue weighted by atomic mass is 10.1. The van der Waals surface area contributed by atoms with E-state index in [2.05, 4.69) is 20.9 Å². The maximum Gasteiger partial charge on any atom is 0.146 e. The molecule has 0 saturated carbocycles. The summed E-state index contributed by atoms with van der Waals surface area (Å²) in [5.74, 6) is -0.203. The van der Waals surface area contributed by atoms with Crippen LogP contribution in [0.5, 0.6) is 0 Å². The Balaban J connectivity index is 2.26. The van der Waals surface area contributed by atoms with Gasteiger partial charge < -0.3 is 4.90 Å². The van der Waals surface area contributed by atoms with Crippen LogP contribution >= 0.6 is 15.9 Å². The van der Waals surface area contributed by atoms with E-state index in [9.17, 15) is 4.39 Å². The van der Waals surface area contributed by atoms with Crippen molar-refractivity contribution in [2.75, 3.05) is 11.9 Å². The molecule has 0 radical (unpaired) electrons. The molecule has 0 bridgehead atoms. The summed E-state index contributed by atoms with van der Waals surface area (Å²) < 4.78 is 13.9. The van der Waals surface area contributed by atoms with Gasteiger partial charge in [0, 0.05) is 18.6 Å². The van der Waals surface area contributed by atoms with Crippen molar-refractivity contribution < 1.29 is 4.39 Å². The zero-order valence-electron chi connectivity index (χ0n) is 10.1. The van der Waals surface area contributed by atoms with Gasteiger partial charge in [0.25, 0.3) is 0 Å². The molecule has 1 aromatic heterocycles. The fourth-order valence-corrected chi connectivity index (χ4v) is 2.36. The lowest BCUT2D eigenvalue weighted by Gasteiger charge is -2.22. The number of halogens is 2. The predicted octanol–water partition coefficient (Wildman–Crippen LogP) is 3.75. The minimum absolute atomic E-state index is 0.203. The third-order valence-electron chi connectivity index (χ3n) is 2.72. The Morgan fingerprint density at radius 1 is 1.22 bits per heavy atom. The van der Waals surface area contributed by atoms with Gasteiger partial charge in [0.1, 0.15) is 5.82 Å². The first-order valence-electron chi connectivity index (χ1n) is 5.66. The van der Waals surface area contributed by atoms with E-state index in [0.29, 0.717) is 17.6 Å². The summed E-state index contributed by atoms with van der Waals surface area (Å²) in [7, 11) is 1.87. The highest BCUT2D eigenvalue weighted by atomic mass is 79.9. The number of hydrogen-bond donors (Lipinski definition) is 0. The van der Waals surface area contributed by atoms with Gasteiger partial charge in [-0.1, -0.05) is 34.1 Å². The van der Waals surface area contributed by atoms with E-state index in [1.165, 1.54) is 6.07 Å². The summed E-state index contributed by atoms with van der Waals surface area (Å²) in [6.07, 6.45) is 1.75. The molecule has 0 unspecified atom stereocenters. The SMILES string of the molecule is CN(Cc1ccccn1)c1c(F)cccc1CBr. The second-order valence-corrected chi connectivity index (χ2v) is 4.62. The molecule has 1 heterocycles. The van der Waals surface area contributed by atoms with Gasteiger partial charge >= 0.3 is 0 Å². The summed E-state index contributed by atoms with van der Waals surface area (Å²) in [5.41, 5.74) is 2.48. The normalized spacial score (nSPS) is 10.4. The number of nitrogens with zero attached hydrogens (tertiary/aromatic N) is 2. The Morgan fingerprint density at radius 2 is 2.06 bits per heavy atom. The van der Waals surface area contributed by atoms with Crippen molar-refractivity contribution in [2.24, 2.45) is 0 Å². The summed E-state index contributed by atoms with van der Waals surface area (Å²) in [6, 6.07) is 10.9.